The molecule has 1 atom stereocenters. The highest BCUT2D eigenvalue weighted by Crippen LogP contribution is 2.29. The molecule has 114 valence electrons. The molecule has 2 rings (SSSR count). The number of benzene rings is 1. The van der Waals surface area contributed by atoms with Crippen LogP contribution in [0.3, 0.4) is 0 Å². The summed E-state index contributed by atoms with van der Waals surface area (Å²) < 4.78 is 5.80. The van der Waals surface area contributed by atoms with Crippen LogP contribution < -0.4 is 10.1 Å². The van der Waals surface area contributed by atoms with Crippen molar-refractivity contribution in [3.8, 4) is 5.75 Å². The SMILES string of the molecule is CCCNC(CCc1cccs1)c1ccccc1OCC. The van der Waals surface area contributed by atoms with Crippen molar-refractivity contribution in [1.82, 2.24) is 5.32 Å². The molecular formula is C18H25NOS. The molecule has 0 aliphatic heterocycles. The van der Waals surface area contributed by atoms with Gasteiger partial charge in [-0.1, -0.05) is 31.2 Å². The molecule has 0 spiro atoms. The summed E-state index contributed by atoms with van der Waals surface area (Å²) in [6, 6.07) is 13.1. The van der Waals surface area contributed by atoms with Crippen molar-refractivity contribution in [3.05, 3.63) is 52.2 Å². The lowest BCUT2D eigenvalue weighted by atomic mass is 10.00. The van der Waals surface area contributed by atoms with Gasteiger partial charge in [-0.25, -0.2) is 0 Å². The average molecular weight is 303 g/mol. The standard InChI is InChI=1S/C18H25NOS/c1-3-13-19-17(12-11-15-8-7-14-21-15)16-9-5-6-10-18(16)20-4-2/h5-10,14,17,19H,3-4,11-13H2,1-2H3. The summed E-state index contributed by atoms with van der Waals surface area (Å²) in [6.45, 7) is 5.99. The van der Waals surface area contributed by atoms with Gasteiger partial charge in [-0.3, -0.25) is 0 Å². The fraction of sp³-hybridized carbons (Fsp3) is 0.444. The molecule has 2 aromatic rings. The molecule has 1 N–H and O–H groups in total. The molecular weight excluding hydrogens is 278 g/mol. The Bertz CT molecular complexity index is 510. The summed E-state index contributed by atoms with van der Waals surface area (Å²) in [5.74, 6) is 1.01. The zero-order valence-corrected chi connectivity index (χ0v) is 13.8. The van der Waals surface area contributed by atoms with Crippen molar-refractivity contribution in [2.24, 2.45) is 0 Å². The van der Waals surface area contributed by atoms with Crippen molar-refractivity contribution in [3.63, 3.8) is 0 Å². The van der Waals surface area contributed by atoms with E-state index in [0.29, 0.717) is 12.6 Å². The lowest BCUT2D eigenvalue weighted by Gasteiger charge is -2.21. The molecule has 0 saturated carbocycles. The summed E-state index contributed by atoms with van der Waals surface area (Å²) in [5, 5.41) is 5.82. The van der Waals surface area contributed by atoms with Crippen molar-refractivity contribution in [2.75, 3.05) is 13.2 Å². The van der Waals surface area contributed by atoms with Crippen molar-refractivity contribution >= 4 is 11.3 Å². The number of rotatable bonds is 9. The van der Waals surface area contributed by atoms with E-state index >= 15 is 0 Å². The Hall–Kier alpha value is -1.32. The third-order valence-corrected chi connectivity index (χ3v) is 4.43. The molecule has 0 radical (unpaired) electrons. The lowest BCUT2D eigenvalue weighted by molar-refractivity contribution is 0.330. The lowest BCUT2D eigenvalue weighted by Crippen LogP contribution is -2.23. The normalized spacial score (nSPS) is 12.3. The minimum atomic E-state index is 0.356. The molecule has 0 saturated heterocycles. The fourth-order valence-electron chi connectivity index (χ4n) is 2.48. The molecule has 0 aliphatic carbocycles. The molecule has 0 amide bonds. The molecule has 2 nitrogen and oxygen atoms in total. The predicted octanol–water partition coefficient (Wildman–Crippen LogP) is 4.82. The van der Waals surface area contributed by atoms with Crippen LogP contribution in [0.5, 0.6) is 5.75 Å². The molecule has 1 heterocycles. The van der Waals surface area contributed by atoms with Gasteiger partial charge in [-0.15, -0.1) is 11.3 Å². The third-order valence-electron chi connectivity index (χ3n) is 3.49. The van der Waals surface area contributed by atoms with E-state index in [1.165, 1.54) is 10.4 Å². The van der Waals surface area contributed by atoms with Gasteiger partial charge in [0.2, 0.25) is 0 Å². The third kappa shape index (κ3) is 4.87. The molecule has 3 heteroatoms. The number of para-hydroxylation sites is 1. The van der Waals surface area contributed by atoms with Gasteiger partial charge >= 0.3 is 0 Å². The second-order valence-corrected chi connectivity index (χ2v) is 6.13. The van der Waals surface area contributed by atoms with Crippen molar-refractivity contribution in [2.45, 2.75) is 39.2 Å². The number of hydrogen-bond acceptors (Lipinski definition) is 3. The van der Waals surface area contributed by atoms with Gasteiger partial charge in [-0.05, 0) is 50.2 Å². The van der Waals surface area contributed by atoms with E-state index in [2.05, 4.69) is 48.0 Å². The summed E-state index contributed by atoms with van der Waals surface area (Å²) in [5.41, 5.74) is 1.28. The molecule has 21 heavy (non-hydrogen) atoms. The molecule has 1 aromatic carbocycles. The van der Waals surface area contributed by atoms with Gasteiger partial charge in [0.15, 0.2) is 0 Å². The molecule has 0 bridgehead atoms. The van der Waals surface area contributed by atoms with Crippen LogP contribution in [0.15, 0.2) is 41.8 Å². The van der Waals surface area contributed by atoms with Crippen molar-refractivity contribution < 1.29 is 4.74 Å². The van der Waals surface area contributed by atoms with Crippen LogP contribution in [0.25, 0.3) is 0 Å². The second-order valence-electron chi connectivity index (χ2n) is 5.10. The van der Waals surface area contributed by atoms with Crippen LogP contribution in [-0.4, -0.2) is 13.2 Å². The van der Waals surface area contributed by atoms with E-state index in [-0.39, 0.29) is 0 Å². The van der Waals surface area contributed by atoms with E-state index < -0.39 is 0 Å². The minimum absolute atomic E-state index is 0.356. The van der Waals surface area contributed by atoms with Gasteiger partial charge in [0.05, 0.1) is 6.61 Å². The van der Waals surface area contributed by atoms with Crippen LogP contribution in [-0.2, 0) is 6.42 Å². The van der Waals surface area contributed by atoms with E-state index in [9.17, 15) is 0 Å². The van der Waals surface area contributed by atoms with Gasteiger partial charge in [-0.2, -0.15) is 0 Å². The summed E-state index contributed by atoms with van der Waals surface area (Å²) in [6.07, 6.45) is 3.36. The Kier molecular flexibility index (Phi) is 6.77. The highest BCUT2D eigenvalue weighted by Gasteiger charge is 2.15. The quantitative estimate of drug-likeness (QED) is 0.717. The maximum Gasteiger partial charge on any atom is 0.124 e. The minimum Gasteiger partial charge on any atom is -0.494 e. The van der Waals surface area contributed by atoms with E-state index in [1.807, 2.05) is 24.3 Å². The second kappa shape index (κ2) is 8.85. The topological polar surface area (TPSA) is 21.3 Å². The van der Waals surface area contributed by atoms with Gasteiger partial charge in [0.25, 0.3) is 0 Å². The first kappa shape index (κ1) is 16.1. The number of aryl methyl sites for hydroxylation is 1. The number of hydrogen-bond donors (Lipinski definition) is 1. The van der Waals surface area contributed by atoms with E-state index in [0.717, 1.165) is 31.6 Å². The summed E-state index contributed by atoms with van der Waals surface area (Å²) in [7, 11) is 0. The molecule has 1 aromatic heterocycles. The van der Waals surface area contributed by atoms with Gasteiger partial charge in [0.1, 0.15) is 5.75 Å². The zero-order valence-electron chi connectivity index (χ0n) is 13.0. The predicted molar refractivity (Wildman–Crippen MR) is 91.3 cm³/mol. The Morgan fingerprint density at radius 2 is 2.00 bits per heavy atom. The van der Waals surface area contributed by atoms with Crippen LogP contribution in [0.1, 0.15) is 43.2 Å². The Labute approximate surface area is 132 Å². The number of nitrogens with one attached hydrogen (secondary N) is 1. The summed E-state index contributed by atoms with van der Waals surface area (Å²) >= 11 is 1.84. The first-order chi connectivity index (χ1) is 10.3. The highest BCUT2D eigenvalue weighted by atomic mass is 32.1. The Balaban J connectivity index is 2.10. The first-order valence-electron chi connectivity index (χ1n) is 7.82. The van der Waals surface area contributed by atoms with Gasteiger partial charge < -0.3 is 10.1 Å². The average Bonchev–Trinajstić information content (AvgIpc) is 3.02. The van der Waals surface area contributed by atoms with E-state index in [1.54, 1.807) is 0 Å². The van der Waals surface area contributed by atoms with Crippen molar-refractivity contribution in [1.29, 1.82) is 0 Å². The van der Waals surface area contributed by atoms with Crippen LogP contribution >= 0.6 is 11.3 Å². The summed E-state index contributed by atoms with van der Waals surface area (Å²) in [4.78, 5) is 1.45. The molecule has 0 fully saturated rings. The van der Waals surface area contributed by atoms with Crippen LogP contribution in [0.2, 0.25) is 0 Å². The molecule has 0 aliphatic rings. The highest BCUT2D eigenvalue weighted by molar-refractivity contribution is 7.09. The smallest absolute Gasteiger partial charge is 0.124 e. The number of ether oxygens (including phenoxy) is 1. The zero-order chi connectivity index (χ0) is 14.9. The van der Waals surface area contributed by atoms with Gasteiger partial charge in [0, 0.05) is 16.5 Å². The Morgan fingerprint density at radius 3 is 2.71 bits per heavy atom. The maximum atomic E-state index is 5.80. The fourth-order valence-corrected chi connectivity index (χ4v) is 3.21. The monoisotopic (exact) mass is 303 g/mol. The largest absolute Gasteiger partial charge is 0.494 e. The van der Waals surface area contributed by atoms with E-state index in [4.69, 9.17) is 4.74 Å². The Morgan fingerprint density at radius 1 is 1.14 bits per heavy atom. The van der Waals surface area contributed by atoms with Crippen LogP contribution in [0, 0.1) is 0 Å². The first-order valence-corrected chi connectivity index (χ1v) is 8.70. The molecule has 1 unspecified atom stereocenters. The maximum absolute atomic E-state index is 5.80. The number of thiophene rings is 1. The van der Waals surface area contributed by atoms with Crippen LogP contribution in [0.4, 0.5) is 0 Å².